The molecule has 1 saturated heterocycles. The third-order valence-corrected chi connectivity index (χ3v) is 4.84. The van der Waals surface area contributed by atoms with Gasteiger partial charge in [0.25, 0.3) is 0 Å². The average Bonchev–Trinajstić information content (AvgIpc) is 2.27. The van der Waals surface area contributed by atoms with Crippen molar-refractivity contribution in [2.24, 2.45) is 5.92 Å². The molecular formula is C11H18N4O2S. The maximum absolute atomic E-state index is 11.5. The molecule has 6 nitrogen and oxygen atoms in total. The fraction of sp³-hybridized carbons (Fsp3) is 0.636. The first-order valence-corrected chi connectivity index (χ1v) is 7.63. The van der Waals surface area contributed by atoms with Gasteiger partial charge in [-0.15, -0.1) is 0 Å². The average molecular weight is 270 g/mol. The second-order valence-corrected chi connectivity index (χ2v) is 6.74. The van der Waals surface area contributed by atoms with Crippen molar-refractivity contribution in [2.75, 3.05) is 30.7 Å². The van der Waals surface area contributed by atoms with E-state index >= 15 is 0 Å². The Morgan fingerprint density at radius 2 is 2.22 bits per heavy atom. The summed E-state index contributed by atoms with van der Waals surface area (Å²) < 4.78 is 24.6. The van der Waals surface area contributed by atoms with E-state index in [0.29, 0.717) is 31.5 Å². The summed E-state index contributed by atoms with van der Waals surface area (Å²) in [6.45, 7) is 5.47. The number of nitrogens with zero attached hydrogens (tertiary/aromatic N) is 3. The Labute approximate surface area is 107 Å². The molecule has 1 aromatic rings. The summed E-state index contributed by atoms with van der Waals surface area (Å²) in [6, 6.07) is 1.84. The van der Waals surface area contributed by atoms with E-state index in [4.69, 9.17) is 0 Å². The number of rotatable bonds is 5. The van der Waals surface area contributed by atoms with Gasteiger partial charge in [-0.25, -0.2) is 22.7 Å². The van der Waals surface area contributed by atoms with Crippen LogP contribution in [0.25, 0.3) is 0 Å². The van der Waals surface area contributed by atoms with Crippen molar-refractivity contribution in [3.8, 4) is 0 Å². The number of hydrogen-bond acceptors (Lipinski definition) is 5. The zero-order valence-corrected chi connectivity index (χ0v) is 11.4. The Balaban J connectivity index is 1.78. The third-order valence-electron chi connectivity index (χ3n) is 3.03. The van der Waals surface area contributed by atoms with Gasteiger partial charge in [0.05, 0.1) is 5.75 Å². The first kappa shape index (κ1) is 13.2. The first-order chi connectivity index (χ1) is 8.51. The van der Waals surface area contributed by atoms with Crippen LogP contribution in [0.4, 0.5) is 5.95 Å². The number of hydrogen-bond donors (Lipinski definition) is 1. The smallest absolute Gasteiger partial charge is 0.222 e. The predicted molar refractivity (Wildman–Crippen MR) is 69.8 cm³/mol. The van der Waals surface area contributed by atoms with Crippen LogP contribution in [0.3, 0.4) is 0 Å². The number of anilines is 1. The van der Waals surface area contributed by atoms with Gasteiger partial charge in [-0.05, 0) is 19.9 Å². The number of aryl methyl sites for hydroxylation is 1. The Morgan fingerprint density at radius 1 is 1.50 bits per heavy atom. The van der Waals surface area contributed by atoms with Crippen LogP contribution in [0.2, 0.25) is 0 Å². The van der Waals surface area contributed by atoms with Crippen LogP contribution in [0.5, 0.6) is 0 Å². The van der Waals surface area contributed by atoms with Crippen molar-refractivity contribution in [3.05, 3.63) is 18.0 Å². The number of sulfonamides is 1. The minimum atomic E-state index is -3.01. The summed E-state index contributed by atoms with van der Waals surface area (Å²) in [4.78, 5) is 8.33. The van der Waals surface area contributed by atoms with Gasteiger partial charge in [0.15, 0.2) is 0 Å². The first-order valence-electron chi connectivity index (χ1n) is 6.02. The molecule has 0 radical (unpaired) electrons. The lowest BCUT2D eigenvalue weighted by Gasteiger charge is -2.37. The number of nitrogens with one attached hydrogen (secondary N) is 1. The molecule has 1 aromatic heterocycles. The molecule has 1 aliphatic heterocycles. The maximum atomic E-state index is 11.5. The Hall–Kier alpha value is -1.21. The highest BCUT2D eigenvalue weighted by atomic mass is 32.2. The molecule has 18 heavy (non-hydrogen) atoms. The molecule has 0 amide bonds. The fourth-order valence-electron chi connectivity index (χ4n) is 1.83. The molecular weight excluding hydrogens is 252 g/mol. The van der Waals surface area contributed by atoms with E-state index in [9.17, 15) is 8.42 Å². The van der Waals surface area contributed by atoms with E-state index in [1.54, 1.807) is 13.1 Å². The molecule has 0 spiro atoms. The second kappa shape index (κ2) is 5.19. The molecule has 0 saturated carbocycles. The highest BCUT2D eigenvalue weighted by Gasteiger charge is 2.34. The van der Waals surface area contributed by atoms with Crippen LogP contribution in [0, 0.1) is 12.8 Å². The maximum Gasteiger partial charge on any atom is 0.222 e. The van der Waals surface area contributed by atoms with E-state index in [0.717, 1.165) is 5.69 Å². The summed E-state index contributed by atoms with van der Waals surface area (Å²) in [5, 5.41) is 3.13. The Kier molecular flexibility index (Phi) is 3.82. The van der Waals surface area contributed by atoms with Gasteiger partial charge < -0.3 is 5.32 Å². The van der Waals surface area contributed by atoms with Crippen LogP contribution in [-0.4, -0.2) is 48.1 Å². The zero-order valence-electron chi connectivity index (χ0n) is 10.6. The van der Waals surface area contributed by atoms with E-state index in [1.807, 2.05) is 13.0 Å². The summed E-state index contributed by atoms with van der Waals surface area (Å²) in [6.07, 6.45) is 1.71. The van der Waals surface area contributed by atoms with Crippen LogP contribution in [0.15, 0.2) is 12.3 Å². The standard InChI is InChI=1S/C11H18N4O2S/c1-3-18(16,17)15-7-10(8-15)6-13-11-12-5-4-9(2)14-11/h4-5,10H,3,6-8H2,1-2H3,(H,12,13,14). The minimum Gasteiger partial charge on any atom is -0.354 e. The summed E-state index contributed by atoms with van der Waals surface area (Å²) in [5.74, 6) is 1.12. The van der Waals surface area contributed by atoms with Gasteiger partial charge in [0.2, 0.25) is 16.0 Å². The summed E-state index contributed by atoms with van der Waals surface area (Å²) >= 11 is 0. The lowest BCUT2D eigenvalue weighted by Crippen LogP contribution is -2.52. The molecule has 1 aliphatic rings. The Morgan fingerprint density at radius 3 is 2.83 bits per heavy atom. The highest BCUT2D eigenvalue weighted by molar-refractivity contribution is 7.89. The molecule has 2 rings (SSSR count). The van der Waals surface area contributed by atoms with E-state index < -0.39 is 10.0 Å². The molecule has 0 unspecified atom stereocenters. The topological polar surface area (TPSA) is 75.2 Å². The van der Waals surface area contributed by atoms with Crippen molar-refractivity contribution in [1.82, 2.24) is 14.3 Å². The molecule has 0 atom stereocenters. The quantitative estimate of drug-likeness (QED) is 0.842. The monoisotopic (exact) mass is 270 g/mol. The van der Waals surface area contributed by atoms with Crippen molar-refractivity contribution in [2.45, 2.75) is 13.8 Å². The third kappa shape index (κ3) is 2.97. The van der Waals surface area contributed by atoms with Gasteiger partial charge in [0.1, 0.15) is 0 Å². The highest BCUT2D eigenvalue weighted by Crippen LogP contribution is 2.19. The SMILES string of the molecule is CCS(=O)(=O)N1CC(CNc2nccc(C)n2)C1. The van der Waals surface area contributed by atoms with Gasteiger partial charge >= 0.3 is 0 Å². The molecule has 7 heteroatoms. The van der Waals surface area contributed by atoms with Crippen molar-refractivity contribution in [1.29, 1.82) is 0 Å². The molecule has 2 heterocycles. The van der Waals surface area contributed by atoms with E-state index in [-0.39, 0.29) is 5.75 Å². The second-order valence-electron chi connectivity index (χ2n) is 4.49. The minimum absolute atomic E-state index is 0.175. The summed E-state index contributed by atoms with van der Waals surface area (Å²) in [7, 11) is -3.01. The van der Waals surface area contributed by atoms with Gasteiger partial charge in [-0.1, -0.05) is 0 Å². The largest absolute Gasteiger partial charge is 0.354 e. The molecule has 100 valence electrons. The number of aromatic nitrogens is 2. The Bertz CT molecular complexity index is 512. The lowest BCUT2D eigenvalue weighted by atomic mass is 10.0. The molecule has 0 bridgehead atoms. The molecule has 1 fully saturated rings. The summed E-state index contributed by atoms with van der Waals surface area (Å²) in [5.41, 5.74) is 0.913. The van der Waals surface area contributed by atoms with Crippen LogP contribution in [-0.2, 0) is 10.0 Å². The lowest BCUT2D eigenvalue weighted by molar-refractivity contribution is 0.211. The van der Waals surface area contributed by atoms with Crippen molar-refractivity contribution in [3.63, 3.8) is 0 Å². The predicted octanol–water partition coefficient (Wildman–Crippen LogP) is 0.478. The van der Waals surface area contributed by atoms with Gasteiger partial charge in [-0.3, -0.25) is 0 Å². The van der Waals surface area contributed by atoms with Crippen LogP contribution >= 0.6 is 0 Å². The molecule has 0 aromatic carbocycles. The van der Waals surface area contributed by atoms with Crippen molar-refractivity contribution < 1.29 is 8.42 Å². The zero-order chi connectivity index (χ0) is 13.2. The van der Waals surface area contributed by atoms with Crippen LogP contribution < -0.4 is 5.32 Å². The normalized spacial score (nSPS) is 17.4. The van der Waals surface area contributed by atoms with E-state index in [2.05, 4.69) is 15.3 Å². The fourth-order valence-corrected chi connectivity index (χ4v) is 3.07. The van der Waals surface area contributed by atoms with Crippen molar-refractivity contribution >= 4 is 16.0 Å². The molecule has 1 N–H and O–H groups in total. The van der Waals surface area contributed by atoms with Crippen LogP contribution in [0.1, 0.15) is 12.6 Å². The van der Waals surface area contributed by atoms with Gasteiger partial charge in [-0.2, -0.15) is 0 Å². The van der Waals surface area contributed by atoms with Gasteiger partial charge in [0, 0.05) is 37.4 Å². The molecule has 0 aliphatic carbocycles. The van der Waals surface area contributed by atoms with E-state index in [1.165, 1.54) is 4.31 Å².